The fraction of sp³-hybridized carbons (Fsp3) is 0.0500. The van der Waals surface area contributed by atoms with Crippen LogP contribution in [-0.4, -0.2) is 14.7 Å². The summed E-state index contributed by atoms with van der Waals surface area (Å²) in [4.78, 5) is 4.46. The Bertz CT molecular complexity index is 958. The molecule has 1 aromatic heterocycles. The lowest BCUT2D eigenvalue weighted by molar-refractivity contribution is 0.282. The molecule has 112 valence electrons. The van der Waals surface area contributed by atoms with Gasteiger partial charge in [0.25, 0.3) is 0 Å². The van der Waals surface area contributed by atoms with E-state index in [-0.39, 0.29) is 6.61 Å². The molecule has 4 rings (SSSR count). The van der Waals surface area contributed by atoms with E-state index in [1.165, 1.54) is 11.1 Å². The quantitative estimate of drug-likeness (QED) is 0.616. The zero-order chi connectivity index (χ0) is 15.6. The number of nitrogens with zero attached hydrogens (tertiary/aromatic N) is 2. The fourth-order valence-electron chi connectivity index (χ4n) is 2.83. The summed E-state index contributed by atoms with van der Waals surface area (Å²) in [6.07, 6.45) is 1.83. The molecule has 1 heterocycles. The van der Waals surface area contributed by atoms with E-state index in [4.69, 9.17) is 0 Å². The lowest BCUT2D eigenvalue weighted by Gasteiger charge is -2.08. The summed E-state index contributed by atoms with van der Waals surface area (Å²) in [6, 6.07) is 24.6. The van der Waals surface area contributed by atoms with E-state index in [9.17, 15) is 5.11 Å². The van der Waals surface area contributed by atoms with Gasteiger partial charge in [-0.25, -0.2) is 4.98 Å². The highest BCUT2D eigenvalue weighted by molar-refractivity contribution is 5.78. The van der Waals surface area contributed by atoms with Crippen molar-refractivity contribution in [2.24, 2.45) is 0 Å². The highest BCUT2D eigenvalue weighted by atomic mass is 16.3. The maximum absolute atomic E-state index is 9.25. The summed E-state index contributed by atoms with van der Waals surface area (Å²) >= 11 is 0. The third-order valence-electron chi connectivity index (χ3n) is 4.03. The second-order valence-electron chi connectivity index (χ2n) is 5.51. The van der Waals surface area contributed by atoms with Crippen molar-refractivity contribution in [3.8, 4) is 16.8 Å². The molecular weight excluding hydrogens is 284 g/mol. The minimum Gasteiger partial charge on any atom is -0.392 e. The van der Waals surface area contributed by atoms with E-state index >= 15 is 0 Å². The topological polar surface area (TPSA) is 38.1 Å². The van der Waals surface area contributed by atoms with Crippen LogP contribution in [0.15, 0.2) is 79.1 Å². The molecule has 1 N–H and O–H groups in total. The van der Waals surface area contributed by atoms with Crippen molar-refractivity contribution in [3.05, 3.63) is 84.7 Å². The van der Waals surface area contributed by atoms with Crippen molar-refractivity contribution in [2.45, 2.75) is 6.61 Å². The summed E-state index contributed by atoms with van der Waals surface area (Å²) in [6.45, 7) is 0.0340. The maximum atomic E-state index is 9.25. The van der Waals surface area contributed by atoms with Gasteiger partial charge < -0.3 is 5.11 Å². The number of imidazole rings is 1. The third kappa shape index (κ3) is 2.51. The molecule has 0 unspecified atom stereocenters. The highest BCUT2D eigenvalue weighted by Gasteiger charge is 2.06. The number of aliphatic hydroxyl groups excluding tert-OH is 1. The zero-order valence-corrected chi connectivity index (χ0v) is 12.6. The Morgan fingerprint density at radius 3 is 2.48 bits per heavy atom. The lowest BCUT2D eigenvalue weighted by atomic mass is 10.1. The van der Waals surface area contributed by atoms with Gasteiger partial charge in [-0.2, -0.15) is 0 Å². The van der Waals surface area contributed by atoms with E-state index < -0.39 is 0 Å². The van der Waals surface area contributed by atoms with Crippen LogP contribution >= 0.6 is 0 Å². The number of hydrogen-bond donors (Lipinski definition) is 1. The van der Waals surface area contributed by atoms with Gasteiger partial charge in [0.05, 0.1) is 17.6 Å². The van der Waals surface area contributed by atoms with Gasteiger partial charge >= 0.3 is 0 Å². The molecule has 0 aliphatic heterocycles. The molecule has 4 aromatic rings. The number of benzene rings is 3. The van der Waals surface area contributed by atoms with E-state index in [0.29, 0.717) is 0 Å². The minimum atomic E-state index is 0.0340. The number of rotatable bonds is 3. The standard InChI is InChI=1S/C20H16N2O/c23-13-15-9-10-20-19(11-15)21-14-22(20)18-8-4-7-17(12-18)16-5-2-1-3-6-16/h1-12,14,23H,13H2. The SMILES string of the molecule is OCc1ccc2c(c1)ncn2-c1cccc(-c2ccccc2)c1. The molecule has 23 heavy (non-hydrogen) atoms. The summed E-state index contributed by atoms with van der Waals surface area (Å²) < 4.78 is 2.07. The van der Waals surface area contributed by atoms with Crippen LogP contribution in [0.25, 0.3) is 27.8 Å². The monoisotopic (exact) mass is 300 g/mol. The lowest BCUT2D eigenvalue weighted by Crippen LogP contribution is -1.92. The van der Waals surface area contributed by atoms with E-state index in [2.05, 4.69) is 45.9 Å². The minimum absolute atomic E-state index is 0.0340. The van der Waals surface area contributed by atoms with Crippen LogP contribution in [-0.2, 0) is 6.61 Å². The summed E-state index contributed by atoms with van der Waals surface area (Å²) in [7, 11) is 0. The predicted molar refractivity (Wildman–Crippen MR) is 92.4 cm³/mol. The average molecular weight is 300 g/mol. The van der Waals surface area contributed by atoms with Gasteiger partial charge in [0, 0.05) is 5.69 Å². The Labute approximate surface area is 134 Å². The summed E-state index contributed by atoms with van der Waals surface area (Å²) in [5, 5.41) is 9.25. The summed E-state index contributed by atoms with van der Waals surface area (Å²) in [5.41, 5.74) is 6.25. The van der Waals surface area contributed by atoms with Gasteiger partial charge in [-0.05, 0) is 41.0 Å². The molecule has 0 aliphatic carbocycles. The zero-order valence-electron chi connectivity index (χ0n) is 12.6. The van der Waals surface area contributed by atoms with Crippen molar-refractivity contribution in [2.75, 3.05) is 0 Å². The molecule has 0 saturated heterocycles. The van der Waals surface area contributed by atoms with Crippen molar-refractivity contribution in [1.82, 2.24) is 9.55 Å². The maximum Gasteiger partial charge on any atom is 0.100 e. The van der Waals surface area contributed by atoms with Crippen molar-refractivity contribution in [1.29, 1.82) is 0 Å². The first kappa shape index (κ1) is 13.7. The van der Waals surface area contributed by atoms with Gasteiger partial charge in [-0.1, -0.05) is 48.5 Å². The van der Waals surface area contributed by atoms with Crippen LogP contribution in [0.5, 0.6) is 0 Å². The van der Waals surface area contributed by atoms with Crippen LogP contribution < -0.4 is 0 Å². The molecule has 0 atom stereocenters. The van der Waals surface area contributed by atoms with Gasteiger partial charge in [-0.3, -0.25) is 4.57 Å². The number of fused-ring (bicyclic) bond motifs is 1. The van der Waals surface area contributed by atoms with Crippen LogP contribution in [0, 0.1) is 0 Å². The van der Waals surface area contributed by atoms with Crippen molar-refractivity contribution in [3.63, 3.8) is 0 Å². The molecule has 0 aliphatic rings. The molecule has 0 amide bonds. The van der Waals surface area contributed by atoms with Crippen molar-refractivity contribution >= 4 is 11.0 Å². The van der Waals surface area contributed by atoms with Gasteiger partial charge in [0.1, 0.15) is 6.33 Å². The van der Waals surface area contributed by atoms with Crippen LogP contribution in [0.3, 0.4) is 0 Å². The first-order valence-electron chi connectivity index (χ1n) is 7.58. The molecule has 3 heteroatoms. The summed E-state index contributed by atoms with van der Waals surface area (Å²) in [5.74, 6) is 0. The normalized spacial score (nSPS) is 11.0. The number of aromatic nitrogens is 2. The molecule has 0 bridgehead atoms. The smallest absolute Gasteiger partial charge is 0.100 e. The van der Waals surface area contributed by atoms with E-state index in [1.54, 1.807) is 0 Å². The van der Waals surface area contributed by atoms with Gasteiger partial charge in [0.15, 0.2) is 0 Å². The molecule has 0 spiro atoms. The van der Waals surface area contributed by atoms with Crippen LogP contribution in [0.1, 0.15) is 5.56 Å². The molecule has 3 nitrogen and oxygen atoms in total. The van der Waals surface area contributed by atoms with E-state index in [1.807, 2.05) is 42.7 Å². The highest BCUT2D eigenvalue weighted by Crippen LogP contribution is 2.24. The van der Waals surface area contributed by atoms with E-state index in [0.717, 1.165) is 22.3 Å². The van der Waals surface area contributed by atoms with Crippen LogP contribution in [0.2, 0.25) is 0 Å². The Hall–Kier alpha value is -2.91. The Kier molecular flexibility index (Phi) is 3.41. The Morgan fingerprint density at radius 1 is 0.826 bits per heavy atom. The number of aliphatic hydroxyl groups is 1. The molecule has 3 aromatic carbocycles. The van der Waals surface area contributed by atoms with Gasteiger partial charge in [0.2, 0.25) is 0 Å². The second-order valence-corrected chi connectivity index (χ2v) is 5.51. The Balaban J connectivity index is 1.82. The second kappa shape index (κ2) is 5.71. The average Bonchev–Trinajstić information content (AvgIpc) is 3.05. The molecule has 0 radical (unpaired) electrons. The Morgan fingerprint density at radius 2 is 1.65 bits per heavy atom. The molecule has 0 saturated carbocycles. The molecule has 0 fully saturated rings. The third-order valence-corrected chi connectivity index (χ3v) is 4.03. The predicted octanol–water partition coefficient (Wildman–Crippen LogP) is 4.18. The molecular formula is C20H16N2O. The first-order chi connectivity index (χ1) is 11.3. The van der Waals surface area contributed by atoms with Crippen LogP contribution in [0.4, 0.5) is 0 Å². The van der Waals surface area contributed by atoms with Gasteiger partial charge in [-0.15, -0.1) is 0 Å². The number of hydrogen-bond acceptors (Lipinski definition) is 2. The fourth-order valence-corrected chi connectivity index (χ4v) is 2.83. The first-order valence-corrected chi connectivity index (χ1v) is 7.58. The van der Waals surface area contributed by atoms with Crippen molar-refractivity contribution < 1.29 is 5.11 Å². The largest absolute Gasteiger partial charge is 0.392 e.